The summed E-state index contributed by atoms with van der Waals surface area (Å²) in [6.07, 6.45) is 0. The van der Waals surface area contributed by atoms with Crippen LogP contribution in [0.1, 0.15) is 0 Å². The standard InChI is InChI=1S/AsH3.5ClH.Mg/h1H3;5*1H;/q;;;;;;+2/p-2. The second-order valence-corrected chi connectivity index (χ2v) is 0. The zero-order valence-electron chi connectivity index (χ0n) is 3.39. The molecule has 0 fully saturated rings. The van der Waals surface area contributed by atoms with E-state index >= 15 is 0 Å². The molecule has 0 aromatic carbocycles. The third-order valence-electron chi connectivity index (χ3n) is 0. The second-order valence-electron chi connectivity index (χ2n) is 0. The molecule has 0 aliphatic heterocycles. The fourth-order valence-corrected chi connectivity index (χ4v) is 0. The summed E-state index contributed by atoms with van der Waals surface area (Å²) in [5.74, 6) is 0. The van der Waals surface area contributed by atoms with Crippen LogP contribution in [-0.2, 0) is 0 Å². The van der Waals surface area contributed by atoms with Crippen molar-refractivity contribution in [3.05, 3.63) is 0 Å². The quantitative estimate of drug-likeness (QED) is 0.388. The Morgan fingerprint density at radius 1 is 0.571 bits per heavy atom. The van der Waals surface area contributed by atoms with E-state index in [0.29, 0.717) is 0 Å². The summed E-state index contributed by atoms with van der Waals surface area (Å²) >= 11 is 0. The van der Waals surface area contributed by atoms with Gasteiger partial charge in [-0.05, 0) is 0 Å². The van der Waals surface area contributed by atoms with Crippen LogP contribution < -0.4 is 24.8 Å². The Labute approximate surface area is 102 Å². The van der Waals surface area contributed by atoms with E-state index in [0.717, 1.165) is 0 Å². The Balaban J connectivity index is 0. The first-order chi connectivity index (χ1) is 0. The van der Waals surface area contributed by atoms with Crippen LogP contribution in [-0.4, -0.2) is 41.0 Å². The van der Waals surface area contributed by atoms with Gasteiger partial charge in [-0.1, -0.05) is 0 Å². The topological polar surface area (TPSA) is 0 Å². The summed E-state index contributed by atoms with van der Waals surface area (Å²) in [5.41, 5.74) is 0. The van der Waals surface area contributed by atoms with Gasteiger partial charge in [-0.3, -0.25) is 0 Å². The predicted molar refractivity (Wildman–Crippen MR) is 37.4 cm³/mol. The Morgan fingerprint density at radius 2 is 0.571 bits per heavy atom. The Kier molecular flexibility index (Phi) is 962. The molecule has 0 amide bonds. The molecule has 0 N–H and O–H groups in total. The molecule has 7 heavy (non-hydrogen) atoms. The summed E-state index contributed by atoms with van der Waals surface area (Å²) in [6.45, 7) is 0. The van der Waals surface area contributed by atoms with E-state index in [-0.39, 0.29) is 103 Å². The average Bonchev–Trinajstić information content (AvgIpc) is 0. The third-order valence-corrected chi connectivity index (χ3v) is 0. The van der Waals surface area contributed by atoms with Crippen molar-refractivity contribution in [2.24, 2.45) is 0 Å². The first kappa shape index (κ1) is 97.8. The van der Waals surface area contributed by atoms with E-state index in [2.05, 4.69) is 0 Å². The largest absolute Gasteiger partial charge is 2.00 e. The minimum atomic E-state index is 0. The normalized spacial score (nSPS) is 0. The molecular weight excluding hydrogens is 276 g/mol. The van der Waals surface area contributed by atoms with Crippen molar-refractivity contribution in [3.8, 4) is 0 Å². The van der Waals surface area contributed by atoms with Crippen molar-refractivity contribution >= 4 is 78.2 Å². The molecule has 0 nitrogen and oxygen atoms in total. The van der Waals surface area contributed by atoms with E-state index in [1.165, 1.54) is 0 Å². The Morgan fingerprint density at radius 3 is 0.571 bits per heavy atom. The van der Waals surface area contributed by atoms with Crippen LogP contribution in [0.4, 0.5) is 0 Å². The molecule has 0 saturated heterocycles. The van der Waals surface area contributed by atoms with Gasteiger partial charge < -0.3 is 24.8 Å². The molecule has 48 valence electrons. The van der Waals surface area contributed by atoms with Gasteiger partial charge in [-0.25, -0.2) is 0 Å². The van der Waals surface area contributed by atoms with Crippen LogP contribution in [0.5, 0.6) is 0 Å². The summed E-state index contributed by atoms with van der Waals surface area (Å²) in [4.78, 5) is 0. The van der Waals surface area contributed by atoms with Crippen LogP contribution in [0.25, 0.3) is 0 Å². The molecular formula is H6AsCl5Mg. The molecule has 0 aliphatic rings. The Hall–Kier alpha value is 2.77. The van der Waals surface area contributed by atoms with Gasteiger partial charge in [0.25, 0.3) is 0 Å². The fourth-order valence-electron chi connectivity index (χ4n) is 0. The maximum absolute atomic E-state index is 0. The molecule has 1 atom stereocenters. The first-order valence-corrected chi connectivity index (χ1v) is 0. The third kappa shape index (κ3) is 52.3. The van der Waals surface area contributed by atoms with Crippen LogP contribution in [0.3, 0.4) is 0 Å². The van der Waals surface area contributed by atoms with Gasteiger partial charge >= 0.3 is 41.0 Å². The van der Waals surface area contributed by atoms with Crippen LogP contribution >= 0.6 is 37.2 Å². The van der Waals surface area contributed by atoms with Crippen molar-refractivity contribution in [3.63, 3.8) is 0 Å². The molecule has 1 unspecified atom stereocenters. The second kappa shape index (κ2) is 68.9. The van der Waals surface area contributed by atoms with Gasteiger partial charge in [-0.15, -0.1) is 37.2 Å². The van der Waals surface area contributed by atoms with Gasteiger partial charge in [0.15, 0.2) is 0 Å². The molecule has 0 aromatic heterocycles. The zero-order chi connectivity index (χ0) is 0. The summed E-state index contributed by atoms with van der Waals surface area (Å²) in [7, 11) is 0. The summed E-state index contributed by atoms with van der Waals surface area (Å²) in [5, 5.41) is 0. The van der Waals surface area contributed by atoms with Gasteiger partial charge in [0, 0.05) is 0 Å². The first-order valence-electron chi connectivity index (χ1n) is 0. The van der Waals surface area contributed by atoms with Crippen LogP contribution in [0.15, 0.2) is 0 Å². The van der Waals surface area contributed by atoms with E-state index in [4.69, 9.17) is 0 Å². The summed E-state index contributed by atoms with van der Waals surface area (Å²) < 4.78 is 0. The maximum Gasteiger partial charge on any atom is 2.00 e. The number of hydrogen-bond donors (Lipinski definition) is 0. The van der Waals surface area contributed by atoms with Crippen molar-refractivity contribution in [1.82, 2.24) is 0 Å². The van der Waals surface area contributed by atoms with Crippen LogP contribution in [0, 0.1) is 0 Å². The molecule has 0 saturated carbocycles. The molecule has 0 rings (SSSR count). The maximum atomic E-state index is 0. The number of rotatable bonds is 0. The SMILES string of the molecule is Cl.Cl.Cl.[AsH3].[Cl-].[Cl-].[Mg+2]. The van der Waals surface area contributed by atoms with E-state index in [1.54, 1.807) is 0 Å². The average molecular weight is 283 g/mol. The fraction of sp³-hybridized carbons (Fsp3) is 0. The predicted octanol–water partition coefficient (Wildman–Crippen LogP) is -6.29. The molecule has 0 bridgehead atoms. The minimum absolute atomic E-state index is 0. The number of halogens is 5. The molecule has 7 heteroatoms. The smallest absolute Gasteiger partial charge is 1.00 e. The Bertz CT molecular complexity index is 8.04. The van der Waals surface area contributed by atoms with Crippen LogP contribution in [0.2, 0.25) is 0 Å². The van der Waals surface area contributed by atoms with E-state index in [1.807, 2.05) is 0 Å². The molecule has 0 radical (unpaired) electrons. The molecule has 0 heterocycles. The molecule has 0 aromatic rings. The minimum Gasteiger partial charge on any atom is -1.00 e. The van der Waals surface area contributed by atoms with Gasteiger partial charge in [0.05, 0.1) is 0 Å². The summed E-state index contributed by atoms with van der Waals surface area (Å²) in [6, 6.07) is 0. The molecule has 0 spiro atoms. The number of hydrogen-bond acceptors (Lipinski definition) is 0. The van der Waals surface area contributed by atoms with Crippen molar-refractivity contribution in [1.29, 1.82) is 0 Å². The van der Waals surface area contributed by atoms with Crippen molar-refractivity contribution in [2.75, 3.05) is 0 Å². The van der Waals surface area contributed by atoms with E-state index in [9.17, 15) is 0 Å². The molecule has 0 aliphatic carbocycles. The van der Waals surface area contributed by atoms with Crippen molar-refractivity contribution < 1.29 is 24.8 Å². The van der Waals surface area contributed by atoms with Gasteiger partial charge in [0.2, 0.25) is 0 Å². The van der Waals surface area contributed by atoms with E-state index < -0.39 is 0 Å². The zero-order valence-corrected chi connectivity index (χ0v) is 11.7. The van der Waals surface area contributed by atoms with Gasteiger partial charge in [-0.2, -0.15) is 0 Å². The monoisotopic (exact) mass is 280 g/mol. The van der Waals surface area contributed by atoms with Gasteiger partial charge in [0.1, 0.15) is 0 Å². The van der Waals surface area contributed by atoms with Crippen molar-refractivity contribution in [2.45, 2.75) is 0 Å².